The molecule has 2 rings (SSSR count). The maximum atomic E-state index is 13.8. The monoisotopic (exact) mass is 249 g/mol. The molecule has 1 aliphatic carbocycles. The zero-order valence-electron chi connectivity index (χ0n) is 11.1. The fourth-order valence-corrected chi connectivity index (χ4v) is 2.11. The van der Waals surface area contributed by atoms with Crippen LogP contribution in [0.25, 0.3) is 0 Å². The van der Waals surface area contributed by atoms with Crippen molar-refractivity contribution in [3.8, 4) is 0 Å². The van der Waals surface area contributed by atoms with E-state index in [4.69, 9.17) is 0 Å². The van der Waals surface area contributed by atoms with Crippen LogP contribution in [0, 0.1) is 12.7 Å². The summed E-state index contributed by atoms with van der Waals surface area (Å²) >= 11 is 0. The molecule has 0 atom stereocenters. The zero-order chi connectivity index (χ0) is 13.1. The molecule has 0 spiro atoms. The number of amides is 1. The van der Waals surface area contributed by atoms with E-state index in [2.05, 4.69) is 6.92 Å². The highest BCUT2D eigenvalue weighted by atomic mass is 19.1. The number of unbranched alkanes of at least 4 members (excludes halogenated alkanes) is 1. The molecule has 1 amide bonds. The first-order valence-corrected chi connectivity index (χ1v) is 6.70. The molecule has 0 unspecified atom stereocenters. The first kappa shape index (κ1) is 13.1. The first-order chi connectivity index (χ1) is 8.63. The fraction of sp³-hybridized carbons (Fsp3) is 0.533. The third kappa shape index (κ3) is 2.89. The topological polar surface area (TPSA) is 20.3 Å². The highest BCUT2D eigenvalue weighted by Gasteiger charge is 2.33. The quantitative estimate of drug-likeness (QED) is 0.781. The van der Waals surface area contributed by atoms with E-state index >= 15 is 0 Å². The predicted molar refractivity (Wildman–Crippen MR) is 70.1 cm³/mol. The van der Waals surface area contributed by atoms with Gasteiger partial charge in [-0.3, -0.25) is 4.79 Å². The minimum Gasteiger partial charge on any atom is -0.336 e. The van der Waals surface area contributed by atoms with E-state index in [0.29, 0.717) is 6.04 Å². The van der Waals surface area contributed by atoms with Crippen molar-refractivity contribution in [2.45, 2.75) is 45.6 Å². The Morgan fingerprint density at radius 1 is 1.44 bits per heavy atom. The van der Waals surface area contributed by atoms with Crippen molar-refractivity contribution in [2.75, 3.05) is 6.54 Å². The van der Waals surface area contributed by atoms with Gasteiger partial charge in [0.05, 0.1) is 5.56 Å². The van der Waals surface area contributed by atoms with Crippen molar-refractivity contribution in [3.63, 3.8) is 0 Å². The summed E-state index contributed by atoms with van der Waals surface area (Å²) in [5, 5.41) is 0. The fourth-order valence-electron chi connectivity index (χ4n) is 2.11. The number of benzene rings is 1. The lowest BCUT2D eigenvalue weighted by atomic mass is 10.1. The molecule has 1 aromatic rings. The Hall–Kier alpha value is -1.38. The predicted octanol–water partition coefficient (Wildman–Crippen LogP) is 3.54. The van der Waals surface area contributed by atoms with Crippen LogP contribution in [-0.2, 0) is 0 Å². The Labute approximate surface area is 108 Å². The SMILES string of the molecule is CCCCN(C(=O)c1ccc(C)cc1F)C1CC1. The van der Waals surface area contributed by atoms with Gasteiger partial charge in [-0.1, -0.05) is 19.4 Å². The number of hydrogen-bond donors (Lipinski definition) is 0. The van der Waals surface area contributed by atoms with Gasteiger partial charge in [-0.05, 0) is 43.9 Å². The van der Waals surface area contributed by atoms with E-state index in [-0.39, 0.29) is 11.5 Å². The van der Waals surface area contributed by atoms with Gasteiger partial charge in [0.15, 0.2) is 0 Å². The third-order valence-electron chi connectivity index (χ3n) is 3.36. The smallest absolute Gasteiger partial charge is 0.257 e. The molecule has 1 aliphatic rings. The van der Waals surface area contributed by atoms with Crippen LogP contribution < -0.4 is 0 Å². The van der Waals surface area contributed by atoms with E-state index in [1.807, 2.05) is 11.8 Å². The lowest BCUT2D eigenvalue weighted by molar-refractivity contribution is 0.0736. The molecular weight excluding hydrogens is 229 g/mol. The van der Waals surface area contributed by atoms with Crippen molar-refractivity contribution in [1.29, 1.82) is 0 Å². The Bertz CT molecular complexity index is 440. The molecule has 0 radical (unpaired) electrons. The number of aryl methyl sites for hydroxylation is 1. The molecular formula is C15H20FNO. The van der Waals surface area contributed by atoms with Gasteiger partial charge in [0.1, 0.15) is 5.82 Å². The molecule has 1 aromatic carbocycles. The van der Waals surface area contributed by atoms with Crippen LogP contribution in [0.1, 0.15) is 48.5 Å². The summed E-state index contributed by atoms with van der Waals surface area (Å²) in [7, 11) is 0. The van der Waals surface area contributed by atoms with Crippen LogP contribution in [0.15, 0.2) is 18.2 Å². The van der Waals surface area contributed by atoms with Gasteiger partial charge in [-0.2, -0.15) is 0 Å². The lowest BCUT2D eigenvalue weighted by Gasteiger charge is -2.22. The summed E-state index contributed by atoms with van der Waals surface area (Å²) in [4.78, 5) is 14.2. The van der Waals surface area contributed by atoms with Crippen molar-refractivity contribution in [2.24, 2.45) is 0 Å². The van der Waals surface area contributed by atoms with Crippen LogP contribution in [-0.4, -0.2) is 23.4 Å². The molecule has 0 aromatic heterocycles. The second-order valence-electron chi connectivity index (χ2n) is 5.07. The minimum absolute atomic E-state index is 0.150. The highest BCUT2D eigenvalue weighted by Crippen LogP contribution is 2.29. The Morgan fingerprint density at radius 3 is 2.72 bits per heavy atom. The van der Waals surface area contributed by atoms with Gasteiger partial charge in [-0.25, -0.2) is 4.39 Å². The molecule has 0 N–H and O–H groups in total. The number of nitrogens with zero attached hydrogens (tertiary/aromatic N) is 1. The van der Waals surface area contributed by atoms with Crippen molar-refractivity contribution in [1.82, 2.24) is 4.90 Å². The average molecular weight is 249 g/mol. The van der Waals surface area contributed by atoms with E-state index in [9.17, 15) is 9.18 Å². The van der Waals surface area contributed by atoms with Crippen LogP contribution in [0.3, 0.4) is 0 Å². The van der Waals surface area contributed by atoms with Gasteiger partial charge in [0.2, 0.25) is 0 Å². The second-order valence-corrected chi connectivity index (χ2v) is 5.07. The lowest BCUT2D eigenvalue weighted by Crippen LogP contribution is -2.34. The normalized spacial score (nSPS) is 14.6. The molecule has 0 aliphatic heterocycles. The summed E-state index contributed by atoms with van der Waals surface area (Å²) in [6.07, 6.45) is 4.15. The van der Waals surface area contributed by atoms with Crippen molar-refractivity contribution >= 4 is 5.91 Å². The Kier molecular flexibility index (Phi) is 4.00. The molecule has 1 saturated carbocycles. The molecule has 18 heavy (non-hydrogen) atoms. The van der Waals surface area contributed by atoms with Crippen LogP contribution >= 0.6 is 0 Å². The van der Waals surface area contributed by atoms with E-state index in [1.54, 1.807) is 12.1 Å². The Balaban J connectivity index is 2.16. The highest BCUT2D eigenvalue weighted by molar-refractivity contribution is 5.95. The van der Waals surface area contributed by atoms with Gasteiger partial charge < -0.3 is 4.90 Å². The van der Waals surface area contributed by atoms with E-state index < -0.39 is 5.82 Å². The van der Waals surface area contributed by atoms with Crippen LogP contribution in [0.4, 0.5) is 4.39 Å². The maximum absolute atomic E-state index is 13.8. The zero-order valence-corrected chi connectivity index (χ0v) is 11.1. The summed E-state index contributed by atoms with van der Waals surface area (Å²) < 4.78 is 13.8. The van der Waals surface area contributed by atoms with Gasteiger partial charge in [0.25, 0.3) is 5.91 Å². The van der Waals surface area contributed by atoms with Gasteiger partial charge in [0, 0.05) is 12.6 Å². The van der Waals surface area contributed by atoms with Crippen LogP contribution in [0.5, 0.6) is 0 Å². The second kappa shape index (κ2) is 5.51. The first-order valence-electron chi connectivity index (χ1n) is 6.70. The third-order valence-corrected chi connectivity index (χ3v) is 3.36. The number of carbonyl (C=O) groups excluding carboxylic acids is 1. The number of hydrogen-bond acceptors (Lipinski definition) is 1. The number of carbonyl (C=O) groups is 1. The Morgan fingerprint density at radius 2 is 2.17 bits per heavy atom. The molecule has 0 bridgehead atoms. The van der Waals surface area contributed by atoms with Crippen molar-refractivity contribution in [3.05, 3.63) is 35.1 Å². The van der Waals surface area contributed by atoms with Crippen molar-refractivity contribution < 1.29 is 9.18 Å². The molecule has 0 heterocycles. The standard InChI is InChI=1S/C15H20FNO/c1-3-4-9-17(12-6-7-12)15(18)13-8-5-11(2)10-14(13)16/h5,8,10,12H,3-4,6-7,9H2,1-2H3. The largest absolute Gasteiger partial charge is 0.336 e. The summed E-state index contributed by atoms with van der Waals surface area (Å²) in [5.74, 6) is -0.550. The van der Waals surface area contributed by atoms with Gasteiger partial charge in [-0.15, -0.1) is 0 Å². The summed E-state index contributed by atoms with van der Waals surface area (Å²) in [6, 6.07) is 5.16. The minimum atomic E-state index is -0.401. The molecule has 0 saturated heterocycles. The van der Waals surface area contributed by atoms with Gasteiger partial charge >= 0.3 is 0 Å². The van der Waals surface area contributed by atoms with E-state index in [0.717, 1.165) is 37.8 Å². The summed E-state index contributed by atoms with van der Waals surface area (Å²) in [5.41, 5.74) is 1.05. The molecule has 98 valence electrons. The molecule has 3 heteroatoms. The van der Waals surface area contributed by atoms with Crippen LogP contribution in [0.2, 0.25) is 0 Å². The number of halogens is 1. The maximum Gasteiger partial charge on any atom is 0.257 e. The number of rotatable bonds is 5. The average Bonchev–Trinajstić information content (AvgIpc) is 3.13. The summed E-state index contributed by atoms with van der Waals surface area (Å²) in [6.45, 7) is 4.67. The molecule has 1 fully saturated rings. The van der Waals surface area contributed by atoms with E-state index in [1.165, 1.54) is 6.07 Å². The molecule has 2 nitrogen and oxygen atoms in total.